The Morgan fingerprint density at radius 1 is 1.02 bits per heavy atom. The Balaban J connectivity index is 1.41. The summed E-state index contributed by atoms with van der Waals surface area (Å²) in [6.07, 6.45) is 4.04. The highest BCUT2D eigenvalue weighted by Crippen LogP contribution is 2.34. The molecule has 4 aromatic rings. The third kappa shape index (κ3) is 9.70. The van der Waals surface area contributed by atoms with Gasteiger partial charge in [0, 0.05) is 50.2 Å². The predicted octanol–water partition coefficient (Wildman–Crippen LogP) is 5.86. The molecule has 1 aromatic heterocycles. The van der Waals surface area contributed by atoms with Gasteiger partial charge in [-0.05, 0) is 68.8 Å². The molecule has 49 heavy (non-hydrogen) atoms. The molecule has 12 heteroatoms. The smallest absolute Gasteiger partial charge is 0.327 e. The molecule has 0 spiro atoms. The van der Waals surface area contributed by atoms with E-state index in [1.165, 1.54) is 11.2 Å². The van der Waals surface area contributed by atoms with Gasteiger partial charge in [-0.15, -0.1) is 0 Å². The molecular formula is C37H43N9O3. The molecule has 0 aliphatic heterocycles. The number of aromatic nitrogens is 2. The first-order valence-corrected chi connectivity index (χ1v) is 16.2. The summed E-state index contributed by atoms with van der Waals surface area (Å²) in [4.78, 5) is 28.5. The molecule has 1 aliphatic rings. The number of aliphatic hydroxyl groups is 1. The Bertz CT molecular complexity index is 1790. The molecule has 1 heterocycles. The second kappa shape index (κ2) is 16.5. The highest BCUT2D eigenvalue weighted by molar-refractivity contribution is 5.99. The van der Waals surface area contributed by atoms with Crippen molar-refractivity contribution in [3.05, 3.63) is 102 Å². The van der Waals surface area contributed by atoms with Crippen molar-refractivity contribution in [3.63, 3.8) is 0 Å². The van der Waals surface area contributed by atoms with Crippen LogP contribution in [0.15, 0.2) is 96.8 Å². The summed E-state index contributed by atoms with van der Waals surface area (Å²) in [5, 5.41) is 29.7. The maximum absolute atomic E-state index is 13.9. The molecule has 5 rings (SSSR count). The molecule has 2 amide bonds. The minimum Gasteiger partial charge on any atom is -0.494 e. The fourth-order valence-electron chi connectivity index (χ4n) is 5.06. The first kappa shape index (κ1) is 34.7. The van der Waals surface area contributed by atoms with E-state index < -0.39 is 12.3 Å². The molecule has 1 fully saturated rings. The molecule has 3 aromatic carbocycles. The molecule has 4 N–H and O–H groups in total. The fraction of sp³-hybridized carbons (Fsp3) is 0.297. The highest BCUT2D eigenvalue weighted by Gasteiger charge is 2.23. The summed E-state index contributed by atoms with van der Waals surface area (Å²) in [6.45, 7) is 2.07. The summed E-state index contributed by atoms with van der Waals surface area (Å²) in [6, 6.07) is 25.9. The van der Waals surface area contributed by atoms with Crippen molar-refractivity contribution in [2.75, 3.05) is 61.8 Å². The third-order valence-corrected chi connectivity index (χ3v) is 8.01. The van der Waals surface area contributed by atoms with Crippen LogP contribution < -0.4 is 30.5 Å². The zero-order chi connectivity index (χ0) is 34.8. The normalized spacial score (nSPS) is 13.3. The third-order valence-electron chi connectivity index (χ3n) is 8.01. The summed E-state index contributed by atoms with van der Waals surface area (Å²) < 4.78 is 5.72. The van der Waals surface area contributed by atoms with Crippen molar-refractivity contribution < 1.29 is 14.6 Å². The number of likely N-dealkylation sites (N-methyl/N-ethyl adjacent to an activating group) is 2. The number of allylic oxidation sites excluding steroid dienone is 1. The van der Waals surface area contributed by atoms with Gasteiger partial charge in [0.2, 0.25) is 0 Å². The van der Waals surface area contributed by atoms with Crippen molar-refractivity contribution in [2.24, 2.45) is 5.92 Å². The molecule has 1 unspecified atom stereocenters. The number of anilines is 6. The molecule has 0 saturated heterocycles. The van der Waals surface area contributed by atoms with E-state index in [0.717, 1.165) is 37.2 Å². The first-order valence-electron chi connectivity index (χ1n) is 16.2. The molecule has 1 saturated carbocycles. The molecule has 0 bridgehead atoms. The molecule has 1 atom stereocenters. The molecule has 12 nitrogen and oxygen atoms in total. The van der Waals surface area contributed by atoms with Crippen molar-refractivity contribution in [1.82, 2.24) is 20.2 Å². The van der Waals surface area contributed by atoms with Crippen LogP contribution in [0.1, 0.15) is 18.4 Å². The van der Waals surface area contributed by atoms with Crippen LogP contribution in [0.25, 0.3) is 0 Å². The Hall–Kier alpha value is -5.64. The monoisotopic (exact) mass is 661 g/mol. The number of hydrogen-bond acceptors (Lipinski definition) is 10. The summed E-state index contributed by atoms with van der Waals surface area (Å²) in [5.41, 5.74) is 3.92. The van der Waals surface area contributed by atoms with E-state index in [9.17, 15) is 15.2 Å². The van der Waals surface area contributed by atoms with E-state index in [1.807, 2.05) is 75.7 Å². The number of nitriles is 1. The van der Waals surface area contributed by atoms with Crippen molar-refractivity contribution >= 4 is 40.4 Å². The second-order valence-corrected chi connectivity index (χ2v) is 12.1. The van der Waals surface area contributed by atoms with E-state index in [-0.39, 0.29) is 5.57 Å². The molecular weight excluding hydrogens is 618 g/mol. The number of urea groups is 1. The zero-order valence-corrected chi connectivity index (χ0v) is 28.3. The summed E-state index contributed by atoms with van der Waals surface area (Å²) in [5.74, 6) is 1.73. The van der Waals surface area contributed by atoms with Gasteiger partial charge in [0.05, 0.1) is 30.1 Å². The molecule has 254 valence electrons. The number of methoxy groups -OCH3 is 1. The Morgan fingerprint density at radius 2 is 1.82 bits per heavy atom. The van der Waals surface area contributed by atoms with Gasteiger partial charge in [-0.3, -0.25) is 0 Å². The van der Waals surface area contributed by atoms with Crippen LogP contribution in [0, 0.1) is 17.2 Å². The van der Waals surface area contributed by atoms with Gasteiger partial charge < -0.3 is 35.6 Å². The fourth-order valence-corrected chi connectivity index (χ4v) is 5.06. The van der Waals surface area contributed by atoms with Gasteiger partial charge in [-0.2, -0.15) is 5.26 Å². The Kier molecular flexibility index (Phi) is 11.6. The number of benzene rings is 3. The number of carbonyl (C=O) groups excluding carboxylic acids is 1. The number of nitrogens with one attached hydrogen (secondary N) is 3. The van der Waals surface area contributed by atoms with Crippen LogP contribution in [0.2, 0.25) is 0 Å². The number of ether oxygens (including phenoxy) is 1. The number of carbonyl (C=O) groups is 1. The number of rotatable bonds is 15. The summed E-state index contributed by atoms with van der Waals surface area (Å²) >= 11 is 0. The lowest BCUT2D eigenvalue weighted by Gasteiger charge is -2.24. The molecule has 0 radical (unpaired) electrons. The number of amides is 2. The second-order valence-electron chi connectivity index (χ2n) is 12.1. The lowest BCUT2D eigenvalue weighted by Crippen LogP contribution is -2.37. The van der Waals surface area contributed by atoms with E-state index >= 15 is 0 Å². The van der Waals surface area contributed by atoms with Gasteiger partial charge in [0.15, 0.2) is 6.23 Å². The van der Waals surface area contributed by atoms with Gasteiger partial charge in [-0.1, -0.05) is 42.5 Å². The SMILES string of the molecule is COc1cc(N(C)CCN(C)C)ccc1Nc1cc(N(C(=O)NCc2ccccc2)c2cccc(NC(O)/C(C#N)=C\C3CC3)c2)ncn1. The standard InChI is InChI=1S/C37H43N9O3/c1-44(2)17-18-45(3)30-15-16-32(33(21-30)49-4)43-34-22-35(41-25-40-34)46(37(48)39-24-27-9-6-5-7-10-27)31-12-8-11-29(20-31)42-36(47)28(23-38)19-26-13-14-26/h5-12,15-16,19-22,25-26,36,42,47H,13-14,17-18,24H2,1-4H3,(H,39,48)(H,40,41,43)/b28-19-. The highest BCUT2D eigenvalue weighted by atomic mass is 16.5. The number of hydrogen-bond donors (Lipinski definition) is 4. The van der Waals surface area contributed by atoms with E-state index in [1.54, 1.807) is 37.4 Å². The minimum absolute atomic E-state index is 0.264. The maximum atomic E-state index is 13.9. The lowest BCUT2D eigenvalue weighted by atomic mass is 10.2. The average molecular weight is 662 g/mol. The Labute approximate surface area is 287 Å². The minimum atomic E-state index is -1.19. The largest absolute Gasteiger partial charge is 0.494 e. The summed E-state index contributed by atoms with van der Waals surface area (Å²) in [7, 11) is 7.75. The Morgan fingerprint density at radius 3 is 2.53 bits per heavy atom. The van der Waals surface area contributed by atoms with E-state index in [2.05, 4.69) is 41.8 Å². The number of aliphatic hydroxyl groups excluding tert-OH is 1. The zero-order valence-electron chi connectivity index (χ0n) is 28.3. The van der Waals surface area contributed by atoms with Crippen molar-refractivity contribution in [2.45, 2.75) is 25.6 Å². The van der Waals surface area contributed by atoms with Gasteiger partial charge in [-0.25, -0.2) is 19.7 Å². The topological polar surface area (TPSA) is 142 Å². The van der Waals surface area contributed by atoms with Crippen molar-refractivity contribution in [1.29, 1.82) is 5.26 Å². The van der Waals surface area contributed by atoms with Crippen LogP contribution in [0.4, 0.5) is 39.2 Å². The van der Waals surface area contributed by atoms with E-state index in [4.69, 9.17) is 4.74 Å². The molecule has 1 aliphatic carbocycles. The maximum Gasteiger partial charge on any atom is 0.327 e. The van der Waals surface area contributed by atoms with Crippen LogP contribution in [-0.2, 0) is 6.54 Å². The van der Waals surface area contributed by atoms with Gasteiger partial charge in [0.1, 0.15) is 23.7 Å². The quantitative estimate of drug-likeness (QED) is 0.0904. The van der Waals surface area contributed by atoms with Crippen LogP contribution in [0.3, 0.4) is 0 Å². The van der Waals surface area contributed by atoms with Gasteiger partial charge in [0.25, 0.3) is 0 Å². The first-order chi connectivity index (χ1) is 23.7. The van der Waals surface area contributed by atoms with Crippen LogP contribution in [-0.4, -0.2) is 73.6 Å². The van der Waals surface area contributed by atoms with Crippen LogP contribution in [0.5, 0.6) is 5.75 Å². The predicted molar refractivity (Wildman–Crippen MR) is 193 cm³/mol. The van der Waals surface area contributed by atoms with Gasteiger partial charge >= 0.3 is 6.03 Å². The lowest BCUT2D eigenvalue weighted by molar-refractivity contribution is 0.244. The average Bonchev–Trinajstić information content (AvgIpc) is 3.94. The number of nitrogens with zero attached hydrogens (tertiary/aromatic N) is 6. The van der Waals surface area contributed by atoms with Crippen molar-refractivity contribution in [3.8, 4) is 11.8 Å². The van der Waals surface area contributed by atoms with Crippen LogP contribution >= 0.6 is 0 Å². The van der Waals surface area contributed by atoms with E-state index in [0.29, 0.717) is 46.9 Å².